The van der Waals surface area contributed by atoms with Crippen molar-refractivity contribution in [2.24, 2.45) is 5.73 Å². The van der Waals surface area contributed by atoms with Gasteiger partial charge in [-0.3, -0.25) is 4.79 Å². The molecule has 0 aromatic rings. The third-order valence-electron chi connectivity index (χ3n) is 0.984. The summed E-state index contributed by atoms with van der Waals surface area (Å²) in [6, 6.07) is 0. The Kier molecular flexibility index (Phi) is 3.74. The smallest absolute Gasteiger partial charge is 0.221 e. The number of allylic oxidation sites excluding steroid dienone is 1. The Labute approximate surface area is 71.8 Å². The van der Waals surface area contributed by atoms with E-state index in [1.54, 1.807) is 6.92 Å². The van der Waals surface area contributed by atoms with Crippen molar-refractivity contribution >= 4 is 18.5 Å². The second-order valence-electron chi connectivity index (χ2n) is 2.17. The predicted molar refractivity (Wildman–Crippen MR) is 48.8 cm³/mol. The molecule has 3 nitrogen and oxygen atoms in total. The third-order valence-corrected chi connectivity index (χ3v) is 1.21. The average molecular weight is 172 g/mol. The molecule has 3 N–H and O–H groups in total. The largest absolute Gasteiger partial charge is 0.398 e. The molecule has 0 atom stereocenters. The van der Waals surface area contributed by atoms with Crippen LogP contribution in [0.15, 0.2) is 22.9 Å². The summed E-state index contributed by atoms with van der Waals surface area (Å²) >= 11 is 4.03. The topological polar surface area (TPSA) is 55.1 Å². The van der Waals surface area contributed by atoms with Gasteiger partial charge in [0.25, 0.3) is 0 Å². The maximum Gasteiger partial charge on any atom is 0.221 e. The minimum absolute atomic E-state index is 0.181. The number of hydrogen-bond donors (Lipinski definition) is 3. The van der Waals surface area contributed by atoms with Crippen molar-refractivity contribution in [3.05, 3.63) is 22.9 Å². The molecule has 0 saturated heterocycles. The standard InChI is InChI=1S/C7H12N2OS/c1-4(8)7(5(2)11)9-6(3)10/h11H,1,8H2,2-3H3,(H,9,10)/b7-5+. The van der Waals surface area contributed by atoms with Crippen LogP contribution in [-0.4, -0.2) is 5.91 Å². The Bertz CT molecular complexity index is 216. The van der Waals surface area contributed by atoms with E-state index in [4.69, 9.17) is 5.73 Å². The van der Waals surface area contributed by atoms with Crippen molar-refractivity contribution in [3.63, 3.8) is 0 Å². The van der Waals surface area contributed by atoms with Crippen LogP contribution in [0.1, 0.15) is 13.8 Å². The lowest BCUT2D eigenvalue weighted by molar-refractivity contribution is -0.118. The van der Waals surface area contributed by atoms with Crippen molar-refractivity contribution in [2.45, 2.75) is 13.8 Å². The number of nitrogens with two attached hydrogens (primary N) is 1. The lowest BCUT2D eigenvalue weighted by atomic mass is 10.3. The van der Waals surface area contributed by atoms with Crippen LogP contribution >= 0.6 is 12.6 Å². The molecular weight excluding hydrogens is 160 g/mol. The summed E-state index contributed by atoms with van der Waals surface area (Å²) in [6.45, 7) is 6.62. The van der Waals surface area contributed by atoms with Crippen molar-refractivity contribution < 1.29 is 4.79 Å². The first-order valence-corrected chi connectivity index (χ1v) is 3.52. The molecule has 1 amide bonds. The SMILES string of the molecule is C=C(N)/C(NC(C)=O)=C(/C)S. The first-order valence-electron chi connectivity index (χ1n) is 3.07. The molecule has 0 unspecified atom stereocenters. The second-order valence-corrected chi connectivity index (χ2v) is 2.84. The van der Waals surface area contributed by atoms with Crippen molar-refractivity contribution in [1.29, 1.82) is 0 Å². The lowest BCUT2D eigenvalue weighted by Gasteiger charge is -2.08. The van der Waals surface area contributed by atoms with Gasteiger partial charge in [0.15, 0.2) is 0 Å². The lowest BCUT2D eigenvalue weighted by Crippen LogP contribution is -2.23. The van der Waals surface area contributed by atoms with Crippen molar-refractivity contribution in [1.82, 2.24) is 5.32 Å². The third kappa shape index (κ3) is 3.72. The molecule has 0 aliphatic heterocycles. The van der Waals surface area contributed by atoms with E-state index < -0.39 is 0 Å². The monoisotopic (exact) mass is 172 g/mol. The highest BCUT2D eigenvalue weighted by molar-refractivity contribution is 7.84. The van der Waals surface area contributed by atoms with Crippen LogP contribution in [0.25, 0.3) is 0 Å². The maximum absolute atomic E-state index is 10.6. The van der Waals surface area contributed by atoms with Gasteiger partial charge in [0.05, 0.1) is 5.70 Å². The van der Waals surface area contributed by atoms with Crippen LogP contribution < -0.4 is 11.1 Å². The summed E-state index contributed by atoms with van der Waals surface area (Å²) in [4.78, 5) is 11.2. The Hall–Kier alpha value is -0.900. The van der Waals surface area contributed by atoms with E-state index in [1.807, 2.05) is 0 Å². The van der Waals surface area contributed by atoms with Crippen molar-refractivity contribution in [2.75, 3.05) is 0 Å². The molecule has 0 aliphatic rings. The maximum atomic E-state index is 10.6. The number of rotatable bonds is 2. The zero-order valence-electron chi connectivity index (χ0n) is 6.64. The molecule has 0 bridgehead atoms. The Morgan fingerprint density at radius 3 is 2.09 bits per heavy atom. The van der Waals surface area contributed by atoms with E-state index in [-0.39, 0.29) is 5.91 Å². The quantitative estimate of drug-likeness (QED) is 0.425. The Morgan fingerprint density at radius 2 is 2.00 bits per heavy atom. The highest BCUT2D eigenvalue weighted by Gasteiger charge is 2.02. The second kappa shape index (κ2) is 4.08. The van der Waals surface area contributed by atoms with Gasteiger partial charge in [-0.1, -0.05) is 6.58 Å². The fourth-order valence-corrected chi connectivity index (χ4v) is 0.779. The predicted octanol–water partition coefficient (Wildman–Crippen LogP) is 0.756. The summed E-state index contributed by atoms with van der Waals surface area (Å²) in [5.74, 6) is -0.181. The van der Waals surface area contributed by atoms with Gasteiger partial charge in [0, 0.05) is 17.5 Å². The Balaban J connectivity index is 4.52. The minimum atomic E-state index is -0.181. The molecule has 0 heterocycles. The van der Waals surface area contributed by atoms with Gasteiger partial charge in [0.2, 0.25) is 5.91 Å². The van der Waals surface area contributed by atoms with E-state index in [9.17, 15) is 4.79 Å². The van der Waals surface area contributed by atoms with Gasteiger partial charge < -0.3 is 11.1 Å². The van der Waals surface area contributed by atoms with E-state index >= 15 is 0 Å². The van der Waals surface area contributed by atoms with Gasteiger partial charge >= 0.3 is 0 Å². The zero-order chi connectivity index (χ0) is 9.02. The molecule has 0 rings (SSSR count). The fraction of sp³-hybridized carbons (Fsp3) is 0.286. The number of hydrogen-bond acceptors (Lipinski definition) is 3. The molecule has 4 heteroatoms. The van der Waals surface area contributed by atoms with Gasteiger partial charge in [-0.05, 0) is 6.92 Å². The summed E-state index contributed by atoms with van der Waals surface area (Å²) in [6.07, 6.45) is 0. The highest BCUT2D eigenvalue weighted by Crippen LogP contribution is 2.08. The first kappa shape index (κ1) is 10.1. The molecule has 0 saturated carbocycles. The summed E-state index contributed by atoms with van der Waals surface area (Å²) < 4.78 is 0. The van der Waals surface area contributed by atoms with E-state index in [2.05, 4.69) is 24.5 Å². The van der Waals surface area contributed by atoms with Gasteiger partial charge in [-0.15, -0.1) is 12.6 Å². The van der Waals surface area contributed by atoms with E-state index in [0.717, 1.165) is 0 Å². The van der Waals surface area contributed by atoms with Gasteiger partial charge in [-0.2, -0.15) is 0 Å². The highest BCUT2D eigenvalue weighted by atomic mass is 32.1. The van der Waals surface area contributed by atoms with Crippen LogP contribution in [0.3, 0.4) is 0 Å². The molecule has 11 heavy (non-hydrogen) atoms. The molecule has 62 valence electrons. The van der Waals surface area contributed by atoms with Crippen molar-refractivity contribution in [3.8, 4) is 0 Å². The summed E-state index contributed by atoms with van der Waals surface area (Å²) in [5, 5.41) is 2.52. The van der Waals surface area contributed by atoms with Crippen LogP contribution in [0.2, 0.25) is 0 Å². The molecule has 0 fully saturated rings. The molecule has 0 aromatic heterocycles. The number of carbonyl (C=O) groups is 1. The number of carbonyl (C=O) groups excluding carboxylic acids is 1. The van der Waals surface area contributed by atoms with Crippen LogP contribution in [0.5, 0.6) is 0 Å². The summed E-state index contributed by atoms with van der Waals surface area (Å²) in [5.41, 5.74) is 6.17. The average Bonchev–Trinajstić information content (AvgIpc) is 1.81. The molecule has 0 aromatic carbocycles. The first-order chi connectivity index (χ1) is 4.95. The van der Waals surface area contributed by atoms with E-state index in [0.29, 0.717) is 16.3 Å². The molecular formula is C7H12N2OS. The fourth-order valence-electron chi connectivity index (χ4n) is 0.579. The molecule has 0 aliphatic carbocycles. The summed E-state index contributed by atoms with van der Waals surface area (Å²) in [7, 11) is 0. The van der Waals surface area contributed by atoms with E-state index in [1.165, 1.54) is 6.92 Å². The number of thiol groups is 1. The van der Waals surface area contributed by atoms with Gasteiger partial charge in [0.1, 0.15) is 0 Å². The van der Waals surface area contributed by atoms with Crippen LogP contribution in [0, 0.1) is 0 Å². The molecule has 0 spiro atoms. The van der Waals surface area contributed by atoms with Gasteiger partial charge in [-0.25, -0.2) is 0 Å². The minimum Gasteiger partial charge on any atom is -0.398 e. The Morgan fingerprint density at radius 1 is 1.55 bits per heavy atom. The van der Waals surface area contributed by atoms with Crippen LogP contribution in [0.4, 0.5) is 0 Å². The number of nitrogens with one attached hydrogen (secondary N) is 1. The zero-order valence-corrected chi connectivity index (χ0v) is 7.53. The number of amides is 1. The van der Waals surface area contributed by atoms with Crippen LogP contribution in [-0.2, 0) is 4.79 Å². The normalized spacial score (nSPS) is 11.9. The molecule has 0 radical (unpaired) electrons.